The van der Waals surface area contributed by atoms with Crippen molar-refractivity contribution < 1.29 is 31.1 Å². The minimum absolute atomic E-state index is 0.0265. The van der Waals surface area contributed by atoms with Crippen LogP contribution in [0, 0.1) is 5.92 Å². The van der Waals surface area contributed by atoms with Crippen molar-refractivity contribution in [2.45, 2.75) is 31.2 Å². The Morgan fingerprint density at radius 2 is 1.72 bits per heavy atom. The summed E-state index contributed by atoms with van der Waals surface area (Å²) in [6.07, 6.45) is 0.699. The van der Waals surface area contributed by atoms with Crippen molar-refractivity contribution in [1.82, 2.24) is 9.62 Å². The Morgan fingerprint density at radius 1 is 1.10 bits per heavy atom. The van der Waals surface area contributed by atoms with Gasteiger partial charge in [0, 0.05) is 25.6 Å². The summed E-state index contributed by atoms with van der Waals surface area (Å²) in [5.41, 5.74) is 0. The highest BCUT2D eigenvalue weighted by Crippen LogP contribution is 2.32. The molecular weight excluding hydrogens is 420 g/mol. The number of ether oxygens (including phenoxy) is 2. The Hall–Kier alpha value is -1.85. The number of hydrogen-bond acceptors (Lipinski definition) is 7. The fraction of sp³-hybridized carbons (Fsp3) is 0.611. The SMILES string of the molecule is CC(C)C(NS(=O)(=O)c1ccc2c(c1)OCCCO2)C(=O)N1CCS(=O)(=O)CC1. The van der Waals surface area contributed by atoms with E-state index in [9.17, 15) is 21.6 Å². The van der Waals surface area contributed by atoms with Gasteiger partial charge in [0.25, 0.3) is 0 Å². The van der Waals surface area contributed by atoms with E-state index < -0.39 is 31.8 Å². The number of benzene rings is 1. The van der Waals surface area contributed by atoms with E-state index in [1.807, 2.05) is 0 Å². The number of amides is 1. The van der Waals surface area contributed by atoms with Crippen LogP contribution in [-0.2, 0) is 24.7 Å². The second-order valence-corrected chi connectivity index (χ2v) is 11.5. The predicted octanol–water partition coefficient (Wildman–Crippen LogP) is 0.408. The lowest BCUT2D eigenvalue weighted by atomic mass is 10.0. The molecule has 0 spiro atoms. The van der Waals surface area contributed by atoms with Crippen molar-refractivity contribution in [1.29, 1.82) is 0 Å². The van der Waals surface area contributed by atoms with Gasteiger partial charge in [0.05, 0.1) is 29.6 Å². The van der Waals surface area contributed by atoms with E-state index in [-0.39, 0.29) is 35.4 Å². The Balaban J connectivity index is 1.79. The molecule has 2 heterocycles. The molecule has 162 valence electrons. The van der Waals surface area contributed by atoms with Crippen molar-refractivity contribution in [2.24, 2.45) is 5.92 Å². The molecule has 1 aromatic rings. The number of nitrogens with one attached hydrogen (secondary N) is 1. The largest absolute Gasteiger partial charge is 0.490 e. The Labute approximate surface area is 171 Å². The van der Waals surface area contributed by atoms with Crippen LogP contribution in [0.25, 0.3) is 0 Å². The Bertz CT molecular complexity index is 960. The molecule has 29 heavy (non-hydrogen) atoms. The number of sulfone groups is 1. The average Bonchev–Trinajstić information content (AvgIpc) is 2.90. The quantitative estimate of drug-likeness (QED) is 0.696. The molecule has 1 atom stereocenters. The maximum atomic E-state index is 12.9. The monoisotopic (exact) mass is 446 g/mol. The second-order valence-electron chi connectivity index (χ2n) is 7.48. The van der Waals surface area contributed by atoms with Crippen molar-refractivity contribution in [3.8, 4) is 11.5 Å². The van der Waals surface area contributed by atoms with E-state index in [0.29, 0.717) is 31.1 Å². The van der Waals surface area contributed by atoms with Gasteiger partial charge in [-0.05, 0) is 18.1 Å². The highest BCUT2D eigenvalue weighted by molar-refractivity contribution is 7.91. The van der Waals surface area contributed by atoms with Gasteiger partial charge in [-0.2, -0.15) is 4.72 Å². The molecular formula is C18H26N2O7S2. The molecule has 0 aromatic heterocycles. The van der Waals surface area contributed by atoms with E-state index in [4.69, 9.17) is 9.47 Å². The van der Waals surface area contributed by atoms with Crippen LogP contribution in [-0.4, -0.2) is 71.5 Å². The summed E-state index contributed by atoms with van der Waals surface area (Å²) in [5.74, 6) is -0.146. The van der Waals surface area contributed by atoms with Gasteiger partial charge in [-0.1, -0.05) is 13.8 Å². The maximum Gasteiger partial charge on any atom is 0.241 e. The smallest absolute Gasteiger partial charge is 0.241 e. The third kappa shape index (κ3) is 5.20. The molecule has 0 saturated carbocycles. The van der Waals surface area contributed by atoms with Crippen molar-refractivity contribution in [3.63, 3.8) is 0 Å². The van der Waals surface area contributed by atoms with E-state index >= 15 is 0 Å². The van der Waals surface area contributed by atoms with E-state index in [1.165, 1.54) is 23.1 Å². The third-order valence-corrected chi connectivity index (χ3v) is 7.95. The number of sulfonamides is 1. The molecule has 1 fully saturated rings. The minimum Gasteiger partial charge on any atom is -0.490 e. The number of rotatable bonds is 5. The molecule has 2 aliphatic rings. The number of carbonyl (C=O) groups excluding carboxylic acids is 1. The highest BCUT2D eigenvalue weighted by atomic mass is 32.2. The van der Waals surface area contributed by atoms with Gasteiger partial charge in [-0.25, -0.2) is 16.8 Å². The fourth-order valence-electron chi connectivity index (χ4n) is 3.15. The molecule has 0 radical (unpaired) electrons. The van der Waals surface area contributed by atoms with Crippen molar-refractivity contribution in [3.05, 3.63) is 18.2 Å². The first-order valence-electron chi connectivity index (χ1n) is 9.50. The molecule has 1 saturated heterocycles. The van der Waals surface area contributed by atoms with Crippen LogP contribution in [0.5, 0.6) is 11.5 Å². The molecule has 1 amide bonds. The molecule has 0 aliphatic carbocycles. The summed E-state index contributed by atoms with van der Waals surface area (Å²) in [6.45, 7) is 4.52. The van der Waals surface area contributed by atoms with Crippen LogP contribution in [0.3, 0.4) is 0 Å². The number of fused-ring (bicyclic) bond motifs is 1. The first-order chi connectivity index (χ1) is 13.6. The van der Waals surface area contributed by atoms with E-state index in [2.05, 4.69) is 4.72 Å². The summed E-state index contributed by atoms with van der Waals surface area (Å²) in [5, 5.41) is 0. The van der Waals surface area contributed by atoms with Gasteiger partial charge in [-0.3, -0.25) is 4.79 Å². The number of carbonyl (C=O) groups is 1. The average molecular weight is 447 g/mol. The lowest BCUT2D eigenvalue weighted by Crippen LogP contribution is -2.54. The number of hydrogen-bond donors (Lipinski definition) is 1. The van der Waals surface area contributed by atoms with Gasteiger partial charge in [-0.15, -0.1) is 0 Å². The Morgan fingerprint density at radius 3 is 2.34 bits per heavy atom. The van der Waals surface area contributed by atoms with Gasteiger partial charge >= 0.3 is 0 Å². The maximum absolute atomic E-state index is 12.9. The molecule has 9 nitrogen and oxygen atoms in total. The van der Waals surface area contributed by atoms with Crippen LogP contribution < -0.4 is 14.2 Å². The van der Waals surface area contributed by atoms with Crippen LogP contribution in [0.2, 0.25) is 0 Å². The summed E-state index contributed by atoms with van der Waals surface area (Å²) < 4.78 is 62.6. The second kappa shape index (κ2) is 8.49. The molecule has 1 N–H and O–H groups in total. The first kappa shape index (κ1) is 21.8. The molecule has 1 unspecified atom stereocenters. The van der Waals surface area contributed by atoms with Gasteiger partial charge in [0.15, 0.2) is 21.3 Å². The normalized spacial score (nSPS) is 20.2. The van der Waals surface area contributed by atoms with E-state index in [0.717, 1.165) is 0 Å². The summed E-state index contributed by atoms with van der Waals surface area (Å²) >= 11 is 0. The number of nitrogens with zero attached hydrogens (tertiary/aromatic N) is 1. The zero-order chi connectivity index (χ0) is 21.2. The summed E-state index contributed by atoms with van der Waals surface area (Å²) in [7, 11) is -7.15. The topological polar surface area (TPSA) is 119 Å². The van der Waals surface area contributed by atoms with Crippen molar-refractivity contribution in [2.75, 3.05) is 37.8 Å². The van der Waals surface area contributed by atoms with Gasteiger partial charge in [0.1, 0.15) is 6.04 Å². The zero-order valence-electron chi connectivity index (χ0n) is 16.5. The lowest BCUT2D eigenvalue weighted by Gasteiger charge is -2.32. The highest BCUT2D eigenvalue weighted by Gasteiger charge is 2.34. The molecule has 3 rings (SSSR count). The fourth-order valence-corrected chi connectivity index (χ4v) is 5.70. The lowest BCUT2D eigenvalue weighted by molar-refractivity contribution is -0.133. The first-order valence-corrected chi connectivity index (χ1v) is 12.8. The van der Waals surface area contributed by atoms with Crippen LogP contribution in [0.4, 0.5) is 0 Å². The standard InChI is InChI=1S/C18H26N2O7S2/c1-13(2)17(18(21)20-6-10-28(22,23)11-7-20)19-29(24,25)14-4-5-15-16(12-14)27-9-3-8-26-15/h4-5,12-13,17,19H,3,6-11H2,1-2H3. The molecule has 11 heteroatoms. The van der Waals surface area contributed by atoms with Crippen LogP contribution >= 0.6 is 0 Å². The van der Waals surface area contributed by atoms with Crippen LogP contribution in [0.1, 0.15) is 20.3 Å². The molecule has 0 bridgehead atoms. The summed E-state index contributed by atoms with van der Waals surface area (Å²) in [4.78, 5) is 14.3. The van der Waals surface area contributed by atoms with Crippen molar-refractivity contribution >= 4 is 25.8 Å². The minimum atomic E-state index is -4.01. The predicted molar refractivity (Wildman–Crippen MR) is 106 cm³/mol. The van der Waals surface area contributed by atoms with E-state index in [1.54, 1.807) is 13.8 Å². The zero-order valence-corrected chi connectivity index (χ0v) is 18.1. The third-order valence-electron chi connectivity index (χ3n) is 4.90. The molecule has 1 aromatic carbocycles. The van der Waals surface area contributed by atoms with Gasteiger partial charge < -0.3 is 14.4 Å². The summed E-state index contributed by atoms with van der Waals surface area (Å²) in [6, 6.07) is 3.33. The Kier molecular flexibility index (Phi) is 6.39. The van der Waals surface area contributed by atoms with Crippen LogP contribution in [0.15, 0.2) is 23.1 Å². The van der Waals surface area contributed by atoms with Gasteiger partial charge in [0.2, 0.25) is 15.9 Å². The molecule has 2 aliphatic heterocycles.